The van der Waals surface area contributed by atoms with Gasteiger partial charge in [0.05, 0.1) is 5.69 Å². The molecule has 5 nitrogen and oxygen atoms in total. The zero-order valence-corrected chi connectivity index (χ0v) is 11.5. The van der Waals surface area contributed by atoms with Gasteiger partial charge >= 0.3 is 0 Å². The number of para-hydroxylation sites is 1. The minimum absolute atomic E-state index is 0.594. The van der Waals surface area contributed by atoms with E-state index in [1.807, 2.05) is 30.3 Å². The van der Waals surface area contributed by atoms with E-state index in [-0.39, 0.29) is 0 Å². The normalized spacial score (nSPS) is 14.7. The standard InChI is InChI=1S/C12H14BrN5/c13-8-9-17(10-6-7-10)12-14-15-16-18(12)11-4-2-1-3-5-11/h1-5,10H,6-9H2. The first-order valence-corrected chi connectivity index (χ1v) is 7.18. The molecule has 1 saturated carbocycles. The van der Waals surface area contributed by atoms with Gasteiger partial charge in [0.2, 0.25) is 0 Å². The Morgan fingerprint density at radius 2 is 2.06 bits per heavy atom. The van der Waals surface area contributed by atoms with Gasteiger partial charge in [0.25, 0.3) is 5.95 Å². The summed E-state index contributed by atoms with van der Waals surface area (Å²) in [5, 5.41) is 13.0. The number of nitrogens with zero attached hydrogens (tertiary/aromatic N) is 5. The van der Waals surface area contributed by atoms with E-state index in [4.69, 9.17) is 0 Å². The van der Waals surface area contributed by atoms with Crippen molar-refractivity contribution >= 4 is 21.9 Å². The van der Waals surface area contributed by atoms with Crippen LogP contribution in [0.2, 0.25) is 0 Å². The molecule has 0 amide bonds. The van der Waals surface area contributed by atoms with Crippen molar-refractivity contribution in [1.82, 2.24) is 20.2 Å². The van der Waals surface area contributed by atoms with Gasteiger partial charge in [-0.05, 0) is 35.4 Å². The maximum atomic E-state index is 4.18. The van der Waals surface area contributed by atoms with Crippen LogP contribution in [0.3, 0.4) is 0 Å². The summed E-state index contributed by atoms with van der Waals surface area (Å²) in [6.07, 6.45) is 2.46. The number of anilines is 1. The summed E-state index contributed by atoms with van der Waals surface area (Å²) in [7, 11) is 0. The Morgan fingerprint density at radius 3 is 2.72 bits per heavy atom. The van der Waals surface area contributed by atoms with E-state index in [0.717, 1.165) is 23.5 Å². The third-order valence-electron chi connectivity index (χ3n) is 3.02. The lowest BCUT2D eigenvalue weighted by atomic mass is 10.3. The first kappa shape index (κ1) is 11.6. The SMILES string of the molecule is BrCCN(c1nnnn1-c1ccccc1)C1CC1. The molecule has 1 aromatic carbocycles. The molecule has 2 aromatic rings. The Hall–Kier alpha value is -1.43. The van der Waals surface area contributed by atoms with Crippen LogP contribution in [0.25, 0.3) is 5.69 Å². The number of aromatic nitrogens is 4. The largest absolute Gasteiger partial charge is 0.336 e. The second-order valence-electron chi connectivity index (χ2n) is 4.34. The van der Waals surface area contributed by atoms with E-state index >= 15 is 0 Å². The third kappa shape index (κ3) is 2.25. The lowest BCUT2D eigenvalue weighted by molar-refractivity contribution is 0.746. The highest BCUT2D eigenvalue weighted by molar-refractivity contribution is 9.09. The lowest BCUT2D eigenvalue weighted by Crippen LogP contribution is -2.30. The second-order valence-corrected chi connectivity index (χ2v) is 5.13. The second kappa shape index (κ2) is 5.06. The zero-order chi connectivity index (χ0) is 12.4. The molecule has 0 saturated heterocycles. The van der Waals surface area contributed by atoms with Crippen molar-refractivity contribution in [2.75, 3.05) is 16.8 Å². The maximum absolute atomic E-state index is 4.18. The number of halogens is 1. The molecule has 0 unspecified atom stereocenters. The summed E-state index contributed by atoms with van der Waals surface area (Å²) in [6.45, 7) is 0.928. The van der Waals surface area contributed by atoms with Crippen molar-refractivity contribution in [2.24, 2.45) is 0 Å². The molecule has 94 valence electrons. The van der Waals surface area contributed by atoms with Crippen LogP contribution in [0.1, 0.15) is 12.8 Å². The Labute approximate surface area is 114 Å². The molecule has 1 heterocycles. The number of tetrazole rings is 1. The Bertz CT molecular complexity index is 508. The van der Waals surface area contributed by atoms with Crippen LogP contribution in [0.4, 0.5) is 5.95 Å². The Kier molecular flexibility index (Phi) is 3.27. The fraction of sp³-hybridized carbons (Fsp3) is 0.417. The molecular weight excluding hydrogens is 294 g/mol. The molecule has 0 radical (unpaired) electrons. The first-order valence-electron chi connectivity index (χ1n) is 6.06. The molecule has 3 rings (SSSR count). The average Bonchev–Trinajstić information content (AvgIpc) is 3.14. The molecule has 0 spiro atoms. The minimum atomic E-state index is 0.594. The number of alkyl halides is 1. The van der Waals surface area contributed by atoms with Crippen molar-refractivity contribution in [3.63, 3.8) is 0 Å². The summed E-state index contributed by atoms with van der Waals surface area (Å²) in [5.41, 5.74) is 0.998. The van der Waals surface area contributed by atoms with Crippen molar-refractivity contribution < 1.29 is 0 Å². The van der Waals surface area contributed by atoms with Crippen molar-refractivity contribution in [2.45, 2.75) is 18.9 Å². The van der Waals surface area contributed by atoms with Gasteiger partial charge in [0.15, 0.2) is 0 Å². The van der Waals surface area contributed by atoms with E-state index in [9.17, 15) is 0 Å². The van der Waals surface area contributed by atoms with Crippen LogP contribution in [0.5, 0.6) is 0 Å². The van der Waals surface area contributed by atoms with Crippen molar-refractivity contribution in [3.05, 3.63) is 30.3 Å². The van der Waals surface area contributed by atoms with E-state index in [1.165, 1.54) is 12.8 Å². The Balaban J connectivity index is 1.95. The molecule has 1 aliphatic carbocycles. The highest BCUT2D eigenvalue weighted by Crippen LogP contribution is 2.30. The summed E-state index contributed by atoms with van der Waals surface area (Å²) >= 11 is 3.49. The van der Waals surface area contributed by atoms with Gasteiger partial charge < -0.3 is 4.90 Å². The molecule has 0 bridgehead atoms. The van der Waals surface area contributed by atoms with Gasteiger partial charge in [0, 0.05) is 17.9 Å². The quantitative estimate of drug-likeness (QED) is 0.793. The predicted molar refractivity (Wildman–Crippen MR) is 73.3 cm³/mol. The van der Waals surface area contributed by atoms with E-state index in [1.54, 1.807) is 4.68 Å². The van der Waals surface area contributed by atoms with Gasteiger partial charge in [-0.1, -0.05) is 39.2 Å². The predicted octanol–water partition coefficient (Wildman–Crippen LogP) is 2.03. The van der Waals surface area contributed by atoms with Crippen LogP contribution in [-0.4, -0.2) is 38.1 Å². The Morgan fingerprint density at radius 1 is 1.28 bits per heavy atom. The molecule has 1 aliphatic rings. The van der Waals surface area contributed by atoms with Crippen LogP contribution >= 0.6 is 15.9 Å². The maximum Gasteiger partial charge on any atom is 0.250 e. The topological polar surface area (TPSA) is 46.8 Å². The number of hydrogen-bond acceptors (Lipinski definition) is 4. The van der Waals surface area contributed by atoms with Crippen LogP contribution < -0.4 is 4.90 Å². The van der Waals surface area contributed by atoms with Crippen LogP contribution in [-0.2, 0) is 0 Å². The summed E-state index contributed by atoms with van der Waals surface area (Å²) < 4.78 is 1.81. The number of hydrogen-bond donors (Lipinski definition) is 0. The number of benzene rings is 1. The van der Waals surface area contributed by atoms with Crippen molar-refractivity contribution in [1.29, 1.82) is 0 Å². The molecule has 1 aromatic heterocycles. The highest BCUT2D eigenvalue weighted by atomic mass is 79.9. The monoisotopic (exact) mass is 307 g/mol. The van der Waals surface area contributed by atoms with Gasteiger partial charge in [-0.3, -0.25) is 0 Å². The highest BCUT2D eigenvalue weighted by Gasteiger charge is 2.32. The first-order chi connectivity index (χ1) is 8.90. The molecule has 0 aliphatic heterocycles. The molecule has 0 N–H and O–H groups in total. The van der Waals surface area contributed by atoms with Crippen molar-refractivity contribution in [3.8, 4) is 5.69 Å². The van der Waals surface area contributed by atoms with Gasteiger partial charge in [-0.25, -0.2) is 0 Å². The van der Waals surface area contributed by atoms with E-state index in [2.05, 4.69) is 36.4 Å². The molecule has 0 atom stereocenters. The molecule has 1 fully saturated rings. The molecule has 18 heavy (non-hydrogen) atoms. The van der Waals surface area contributed by atoms with Gasteiger partial charge in [-0.2, -0.15) is 4.68 Å². The summed E-state index contributed by atoms with van der Waals surface area (Å²) in [4.78, 5) is 2.28. The zero-order valence-electron chi connectivity index (χ0n) is 9.91. The minimum Gasteiger partial charge on any atom is -0.336 e. The fourth-order valence-corrected chi connectivity index (χ4v) is 2.40. The van der Waals surface area contributed by atoms with E-state index < -0.39 is 0 Å². The average molecular weight is 308 g/mol. The van der Waals surface area contributed by atoms with Crippen LogP contribution in [0.15, 0.2) is 30.3 Å². The smallest absolute Gasteiger partial charge is 0.250 e. The number of rotatable bonds is 5. The van der Waals surface area contributed by atoms with E-state index in [0.29, 0.717) is 6.04 Å². The molecule has 6 heteroatoms. The summed E-state index contributed by atoms with van der Waals surface area (Å²) in [5.74, 6) is 0.836. The van der Waals surface area contributed by atoms with Gasteiger partial charge in [-0.15, -0.1) is 0 Å². The van der Waals surface area contributed by atoms with Gasteiger partial charge in [0.1, 0.15) is 0 Å². The third-order valence-corrected chi connectivity index (χ3v) is 3.38. The fourth-order valence-electron chi connectivity index (χ4n) is 2.02. The molecular formula is C12H14BrN5. The summed E-state index contributed by atoms with van der Waals surface area (Å²) in [6, 6.07) is 10.6. The van der Waals surface area contributed by atoms with Crippen LogP contribution in [0, 0.1) is 0 Å². The lowest BCUT2D eigenvalue weighted by Gasteiger charge is -2.21.